The number of hydrogen-bond donors (Lipinski definition) is 0. The highest BCUT2D eigenvalue weighted by Gasteiger charge is 2.68. The molecule has 2 aliphatic carbocycles. The fourth-order valence-electron chi connectivity index (χ4n) is 5.83. The van der Waals surface area contributed by atoms with Gasteiger partial charge >= 0.3 is 0 Å². The van der Waals surface area contributed by atoms with Crippen LogP contribution in [0.2, 0.25) is 0 Å². The van der Waals surface area contributed by atoms with Crippen LogP contribution in [0.1, 0.15) is 64.0 Å². The van der Waals surface area contributed by atoms with E-state index in [0.717, 1.165) is 38.9 Å². The molecule has 5 atom stereocenters. The Balaban J connectivity index is 1.35. The second-order valence-corrected chi connectivity index (χ2v) is 8.61. The molecular weight excluding hydrogens is 314 g/mol. The predicted octanol–water partition coefficient (Wildman–Crippen LogP) is 4.42. The van der Waals surface area contributed by atoms with E-state index in [9.17, 15) is 0 Å². The van der Waals surface area contributed by atoms with Gasteiger partial charge in [0.25, 0.3) is 0 Å². The summed E-state index contributed by atoms with van der Waals surface area (Å²) in [6.07, 6.45) is 6.82. The van der Waals surface area contributed by atoms with E-state index in [1.165, 1.54) is 18.4 Å². The fraction of sp³-hybridized carbons (Fsp3) is 0.714. The lowest BCUT2D eigenvalue weighted by Crippen LogP contribution is -2.57. The summed E-state index contributed by atoms with van der Waals surface area (Å²) in [5, 5.41) is 2.25. The molecule has 4 heteroatoms. The third-order valence-corrected chi connectivity index (χ3v) is 7.46. The van der Waals surface area contributed by atoms with Crippen molar-refractivity contribution < 1.29 is 14.3 Å². The van der Waals surface area contributed by atoms with Gasteiger partial charge in [-0.2, -0.15) is 0 Å². The van der Waals surface area contributed by atoms with Gasteiger partial charge in [-0.3, -0.25) is 4.84 Å². The van der Waals surface area contributed by atoms with Crippen LogP contribution in [0.25, 0.3) is 0 Å². The molecule has 0 amide bonds. The van der Waals surface area contributed by atoms with Crippen LogP contribution >= 0.6 is 0 Å². The van der Waals surface area contributed by atoms with Gasteiger partial charge in [-0.15, -0.1) is 5.06 Å². The van der Waals surface area contributed by atoms with Crippen molar-refractivity contribution in [2.45, 2.75) is 69.9 Å². The van der Waals surface area contributed by atoms with Crippen LogP contribution in [0.4, 0.5) is 0 Å². The molecule has 4 fully saturated rings. The van der Waals surface area contributed by atoms with Gasteiger partial charge in [0.05, 0.1) is 19.3 Å². The van der Waals surface area contributed by atoms with Gasteiger partial charge < -0.3 is 9.47 Å². The maximum Gasteiger partial charge on any atom is 0.174 e. The molecular formula is C21H29NO3. The van der Waals surface area contributed by atoms with Crippen LogP contribution in [0.5, 0.6) is 0 Å². The molecule has 4 aliphatic rings. The third-order valence-electron chi connectivity index (χ3n) is 7.46. The minimum Gasteiger partial charge on any atom is -0.347 e. The molecule has 0 N–H and O–H groups in total. The fourth-order valence-corrected chi connectivity index (χ4v) is 5.83. The first kappa shape index (κ1) is 16.2. The highest BCUT2D eigenvalue weighted by Crippen LogP contribution is 2.64. The van der Waals surface area contributed by atoms with Crippen molar-refractivity contribution in [3.63, 3.8) is 0 Å². The Morgan fingerprint density at radius 3 is 2.60 bits per heavy atom. The second-order valence-electron chi connectivity index (χ2n) is 8.61. The quantitative estimate of drug-likeness (QED) is 0.744. The molecule has 3 unspecified atom stereocenters. The molecule has 1 aromatic rings. The first-order valence-electron chi connectivity index (χ1n) is 9.90. The summed E-state index contributed by atoms with van der Waals surface area (Å²) in [6.45, 7) is 6.16. The van der Waals surface area contributed by atoms with Crippen molar-refractivity contribution in [3.05, 3.63) is 35.9 Å². The molecule has 1 aromatic carbocycles. The summed E-state index contributed by atoms with van der Waals surface area (Å²) in [6, 6.07) is 11.0. The summed E-state index contributed by atoms with van der Waals surface area (Å²) in [7, 11) is 0. The topological polar surface area (TPSA) is 34.0 Å². The zero-order valence-electron chi connectivity index (χ0n) is 15.4. The summed E-state index contributed by atoms with van der Waals surface area (Å²) in [4.78, 5) is 6.26. The zero-order chi connectivity index (χ0) is 17.1. The number of rotatable bonds is 2. The minimum atomic E-state index is -0.331. The number of hydroxylamine groups is 2. The van der Waals surface area contributed by atoms with Gasteiger partial charge in [0.2, 0.25) is 0 Å². The second kappa shape index (κ2) is 5.53. The normalized spacial score (nSPS) is 43.1. The first-order chi connectivity index (χ1) is 12.1. The largest absolute Gasteiger partial charge is 0.347 e. The molecule has 2 spiro atoms. The van der Waals surface area contributed by atoms with Crippen molar-refractivity contribution in [1.82, 2.24) is 5.06 Å². The first-order valence-corrected chi connectivity index (χ1v) is 9.90. The molecule has 2 saturated carbocycles. The highest BCUT2D eigenvalue weighted by atomic mass is 16.9. The average Bonchev–Trinajstić information content (AvgIpc) is 3.11. The van der Waals surface area contributed by atoms with E-state index in [2.05, 4.69) is 49.2 Å². The van der Waals surface area contributed by atoms with Crippen molar-refractivity contribution in [3.8, 4) is 0 Å². The number of benzene rings is 1. The summed E-state index contributed by atoms with van der Waals surface area (Å²) in [5.74, 6) is 0.281. The van der Waals surface area contributed by atoms with E-state index in [-0.39, 0.29) is 16.9 Å². The average molecular weight is 343 g/mol. The Kier molecular flexibility index (Phi) is 3.59. The van der Waals surface area contributed by atoms with Crippen LogP contribution in [-0.4, -0.2) is 29.8 Å². The van der Waals surface area contributed by atoms with Crippen molar-refractivity contribution in [2.24, 2.45) is 11.3 Å². The van der Waals surface area contributed by atoms with Gasteiger partial charge in [0.1, 0.15) is 0 Å². The predicted molar refractivity (Wildman–Crippen MR) is 94.4 cm³/mol. The maximum atomic E-state index is 6.26. The van der Waals surface area contributed by atoms with Gasteiger partial charge in [-0.05, 0) is 50.5 Å². The summed E-state index contributed by atoms with van der Waals surface area (Å²) < 4.78 is 12.4. The number of hydrogen-bond acceptors (Lipinski definition) is 4. The Morgan fingerprint density at radius 1 is 1.08 bits per heavy atom. The summed E-state index contributed by atoms with van der Waals surface area (Å²) >= 11 is 0. The van der Waals surface area contributed by atoms with Crippen LogP contribution in [0.3, 0.4) is 0 Å². The number of ether oxygens (including phenoxy) is 2. The van der Waals surface area contributed by atoms with Crippen LogP contribution in [0.15, 0.2) is 30.3 Å². The number of nitrogens with zero attached hydrogens (tertiary/aromatic N) is 1. The Morgan fingerprint density at radius 2 is 1.84 bits per heavy atom. The van der Waals surface area contributed by atoms with E-state index in [4.69, 9.17) is 14.3 Å². The molecule has 5 rings (SSSR count). The van der Waals surface area contributed by atoms with Gasteiger partial charge in [-0.1, -0.05) is 37.3 Å². The van der Waals surface area contributed by atoms with Gasteiger partial charge in [0, 0.05) is 11.8 Å². The minimum absolute atomic E-state index is 0.0590. The van der Waals surface area contributed by atoms with Crippen molar-refractivity contribution in [1.29, 1.82) is 0 Å². The number of fused-ring (bicyclic) bond motifs is 2. The SMILES string of the molecule is CC(c1ccccc1)N1O[C@]12CC[C@@]1(C)C(CCCC13OCCO3)C2. The smallest absolute Gasteiger partial charge is 0.174 e. The summed E-state index contributed by atoms with van der Waals surface area (Å²) in [5.41, 5.74) is 1.40. The van der Waals surface area contributed by atoms with Gasteiger partial charge in [0.15, 0.2) is 11.5 Å². The lowest BCUT2D eigenvalue weighted by molar-refractivity contribution is -0.279. The molecule has 2 saturated heterocycles. The van der Waals surface area contributed by atoms with Crippen LogP contribution < -0.4 is 0 Å². The Labute approximate surface area is 150 Å². The lowest BCUT2D eigenvalue weighted by Gasteiger charge is -2.55. The van der Waals surface area contributed by atoms with Crippen LogP contribution in [-0.2, 0) is 14.3 Å². The van der Waals surface area contributed by atoms with Crippen molar-refractivity contribution in [2.75, 3.05) is 13.2 Å². The van der Waals surface area contributed by atoms with E-state index in [1.807, 2.05) is 0 Å². The molecule has 2 aliphatic heterocycles. The Bertz CT molecular complexity index is 644. The molecule has 0 bridgehead atoms. The van der Waals surface area contributed by atoms with E-state index < -0.39 is 0 Å². The van der Waals surface area contributed by atoms with E-state index >= 15 is 0 Å². The van der Waals surface area contributed by atoms with E-state index in [1.54, 1.807) is 0 Å². The Hall–Kier alpha value is -0.940. The molecule has 2 heterocycles. The third kappa shape index (κ3) is 2.27. The standard InChI is InChI=1S/C21H29NO3/c1-16(17-7-4-3-5-8-17)22-20(25-22)12-11-19(2)18(15-20)9-6-10-21(19)23-13-14-24-21/h3-5,7-8,16,18H,6,9-15H2,1-2H3/t16?,18?,19-,20-,22?/m0/s1. The molecule has 25 heavy (non-hydrogen) atoms. The van der Waals surface area contributed by atoms with Crippen molar-refractivity contribution >= 4 is 0 Å². The molecule has 136 valence electrons. The monoisotopic (exact) mass is 343 g/mol. The molecule has 0 aromatic heterocycles. The van der Waals surface area contributed by atoms with Crippen LogP contribution in [0, 0.1) is 11.3 Å². The van der Waals surface area contributed by atoms with Gasteiger partial charge in [-0.25, -0.2) is 0 Å². The maximum absolute atomic E-state index is 6.26. The lowest BCUT2D eigenvalue weighted by atomic mass is 9.56. The molecule has 0 radical (unpaired) electrons. The zero-order valence-corrected chi connectivity index (χ0v) is 15.4. The highest BCUT2D eigenvalue weighted by molar-refractivity contribution is 5.20. The molecule has 4 nitrogen and oxygen atoms in total. The van der Waals surface area contributed by atoms with E-state index in [0.29, 0.717) is 12.0 Å².